The van der Waals surface area contributed by atoms with Crippen LogP contribution in [0.4, 0.5) is 5.13 Å². The van der Waals surface area contributed by atoms with Crippen LogP contribution >= 0.6 is 22.7 Å². The molecule has 4 rings (SSSR count). The third-order valence-electron chi connectivity index (χ3n) is 4.37. The number of nitrogens with one attached hydrogen (secondary N) is 1. The fourth-order valence-electron chi connectivity index (χ4n) is 2.88. The highest BCUT2D eigenvalue weighted by atomic mass is 32.1. The van der Waals surface area contributed by atoms with E-state index in [-0.39, 0.29) is 16.4 Å². The molecule has 1 aromatic carbocycles. The number of ether oxygens (including phenoxy) is 1. The van der Waals surface area contributed by atoms with Crippen LogP contribution in [-0.2, 0) is 17.6 Å². The predicted octanol–water partition coefficient (Wildman–Crippen LogP) is 3.04. The van der Waals surface area contributed by atoms with Crippen LogP contribution in [0.15, 0.2) is 52.9 Å². The summed E-state index contributed by atoms with van der Waals surface area (Å²) < 4.78 is 6.13. The monoisotopic (exact) mass is 440 g/mol. The van der Waals surface area contributed by atoms with E-state index in [0.29, 0.717) is 22.7 Å². The van der Waals surface area contributed by atoms with Crippen LogP contribution in [0.25, 0.3) is 4.96 Å². The molecule has 0 saturated heterocycles. The number of carbonyl (C=O) groups is 2. The van der Waals surface area contributed by atoms with Crippen molar-refractivity contribution in [3.8, 4) is 0 Å². The Bertz CT molecular complexity index is 1280. The number of nitrogens with zero attached hydrogens (tertiary/aromatic N) is 3. The molecular formula is C20H16N4O4S2. The molecule has 0 aliphatic heterocycles. The average molecular weight is 441 g/mol. The highest BCUT2D eigenvalue weighted by Crippen LogP contribution is 2.26. The van der Waals surface area contributed by atoms with E-state index in [9.17, 15) is 14.4 Å². The lowest BCUT2D eigenvalue weighted by molar-refractivity contribution is 0.0593. The van der Waals surface area contributed by atoms with Crippen molar-refractivity contribution in [2.24, 2.45) is 0 Å². The minimum atomic E-state index is -0.632. The van der Waals surface area contributed by atoms with E-state index >= 15 is 0 Å². The zero-order valence-corrected chi connectivity index (χ0v) is 17.5. The van der Waals surface area contributed by atoms with Crippen molar-refractivity contribution in [3.05, 3.63) is 80.2 Å². The molecule has 8 nitrogen and oxygen atoms in total. The van der Waals surface area contributed by atoms with Gasteiger partial charge in [-0.15, -0.1) is 22.7 Å². The van der Waals surface area contributed by atoms with Crippen molar-refractivity contribution >= 4 is 44.6 Å². The van der Waals surface area contributed by atoms with Crippen LogP contribution in [-0.4, -0.2) is 33.4 Å². The standard InChI is InChI=1S/C20H16N4O4S2/c1-28-18(27)15-14(8-7-12-5-3-2-4-6-12)30-19(22-15)23-16(25)13-11-21-20-24(17(13)26)9-10-29-20/h2-6,9-11H,7-8H2,1H3,(H,22,23,25). The summed E-state index contributed by atoms with van der Waals surface area (Å²) in [4.78, 5) is 46.8. The van der Waals surface area contributed by atoms with Crippen molar-refractivity contribution in [2.75, 3.05) is 12.4 Å². The molecule has 0 aliphatic carbocycles. The summed E-state index contributed by atoms with van der Waals surface area (Å²) in [5, 5.41) is 4.54. The number of amides is 1. The Morgan fingerprint density at radius 1 is 1.20 bits per heavy atom. The van der Waals surface area contributed by atoms with Crippen molar-refractivity contribution in [3.63, 3.8) is 0 Å². The highest BCUT2D eigenvalue weighted by molar-refractivity contribution is 7.16. The number of aromatic nitrogens is 3. The van der Waals surface area contributed by atoms with Crippen LogP contribution in [0.3, 0.4) is 0 Å². The maximum absolute atomic E-state index is 12.6. The average Bonchev–Trinajstić information content (AvgIpc) is 3.40. The minimum absolute atomic E-state index is 0.105. The van der Waals surface area contributed by atoms with Crippen LogP contribution in [0.1, 0.15) is 31.3 Å². The van der Waals surface area contributed by atoms with Gasteiger partial charge in [0.1, 0.15) is 5.56 Å². The number of anilines is 1. The third kappa shape index (κ3) is 4.00. The van der Waals surface area contributed by atoms with Gasteiger partial charge in [0.25, 0.3) is 11.5 Å². The lowest BCUT2D eigenvalue weighted by Gasteiger charge is -2.01. The number of hydrogen-bond donors (Lipinski definition) is 1. The fraction of sp³-hybridized carbons (Fsp3) is 0.150. The zero-order chi connectivity index (χ0) is 21.1. The normalized spacial score (nSPS) is 10.8. The number of rotatable bonds is 6. The zero-order valence-electron chi connectivity index (χ0n) is 15.8. The smallest absolute Gasteiger partial charge is 0.357 e. The molecule has 0 saturated carbocycles. The van der Waals surface area contributed by atoms with Crippen molar-refractivity contribution in [1.29, 1.82) is 0 Å². The number of fused-ring (bicyclic) bond motifs is 1. The van der Waals surface area contributed by atoms with E-state index in [1.807, 2.05) is 30.3 Å². The largest absolute Gasteiger partial charge is 0.464 e. The van der Waals surface area contributed by atoms with Crippen LogP contribution in [0, 0.1) is 0 Å². The Hall–Kier alpha value is -3.37. The molecule has 3 aromatic heterocycles. The number of carbonyl (C=O) groups excluding carboxylic acids is 2. The maximum atomic E-state index is 12.6. The van der Waals surface area contributed by atoms with Crippen molar-refractivity contribution < 1.29 is 14.3 Å². The number of methoxy groups -OCH3 is 1. The summed E-state index contributed by atoms with van der Waals surface area (Å²) in [6.45, 7) is 0. The SMILES string of the molecule is COC(=O)c1nc(NC(=O)c2cnc3sccn3c2=O)sc1CCc1ccccc1. The van der Waals surface area contributed by atoms with E-state index in [1.54, 1.807) is 11.6 Å². The molecule has 0 aliphatic rings. The second kappa shape index (κ2) is 8.56. The molecule has 0 radical (unpaired) electrons. The first-order valence-corrected chi connectivity index (χ1v) is 10.6. The van der Waals surface area contributed by atoms with E-state index in [0.717, 1.165) is 5.56 Å². The molecule has 0 atom stereocenters. The number of aryl methyl sites for hydroxylation is 2. The van der Waals surface area contributed by atoms with Crippen LogP contribution in [0.5, 0.6) is 0 Å². The number of thiazole rings is 2. The molecule has 0 fully saturated rings. The van der Waals surface area contributed by atoms with E-state index in [2.05, 4.69) is 15.3 Å². The number of benzene rings is 1. The number of esters is 1. The Labute approximate surface area is 178 Å². The minimum Gasteiger partial charge on any atom is -0.464 e. The molecule has 1 N–H and O–H groups in total. The molecular weight excluding hydrogens is 424 g/mol. The third-order valence-corrected chi connectivity index (χ3v) is 6.17. The van der Waals surface area contributed by atoms with Gasteiger partial charge in [-0.05, 0) is 18.4 Å². The molecule has 3 heterocycles. The van der Waals surface area contributed by atoms with Crippen LogP contribution < -0.4 is 10.9 Å². The second-order valence-corrected chi connectivity index (χ2v) is 8.21. The lowest BCUT2D eigenvalue weighted by Crippen LogP contribution is -2.25. The Morgan fingerprint density at radius 3 is 2.77 bits per heavy atom. The van der Waals surface area contributed by atoms with E-state index < -0.39 is 17.4 Å². The van der Waals surface area contributed by atoms with E-state index in [1.165, 1.54) is 40.4 Å². The summed E-state index contributed by atoms with van der Waals surface area (Å²) in [6.07, 6.45) is 4.08. The summed E-state index contributed by atoms with van der Waals surface area (Å²) in [7, 11) is 1.28. The Morgan fingerprint density at radius 2 is 2.00 bits per heavy atom. The molecule has 10 heteroatoms. The van der Waals surface area contributed by atoms with Crippen LogP contribution in [0.2, 0.25) is 0 Å². The summed E-state index contributed by atoms with van der Waals surface area (Å²) in [5.41, 5.74) is 0.715. The molecule has 1 amide bonds. The van der Waals surface area contributed by atoms with E-state index in [4.69, 9.17) is 4.74 Å². The Kier molecular flexibility index (Phi) is 5.68. The molecule has 30 heavy (non-hydrogen) atoms. The van der Waals surface area contributed by atoms with Gasteiger partial charge in [0, 0.05) is 22.7 Å². The maximum Gasteiger partial charge on any atom is 0.357 e. The first-order valence-electron chi connectivity index (χ1n) is 8.95. The number of hydrogen-bond acceptors (Lipinski definition) is 8. The molecule has 0 unspecified atom stereocenters. The van der Waals surface area contributed by atoms with Gasteiger partial charge in [-0.3, -0.25) is 19.3 Å². The van der Waals surface area contributed by atoms with Gasteiger partial charge in [0.15, 0.2) is 15.8 Å². The highest BCUT2D eigenvalue weighted by Gasteiger charge is 2.21. The van der Waals surface area contributed by atoms with Gasteiger partial charge in [-0.25, -0.2) is 14.8 Å². The molecule has 0 bridgehead atoms. The van der Waals surface area contributed by atoms with Gasteiger partial charge in [-0.1, -0.05) is 30.3 Å². The molecule has 0 spiro atoms. The predicted molar refractivity (Wildman–Crippen MR) is 115 cm³/mol. The quantitative estimate of drug-likeness (QED) is 0.462. The van der Waals surface area contributed by atoms with Gasteiger partial charge in [-0.2, -0.15) is 0 Å². The molecule has 4 aromatic rings. The van der Waals surface area contributed by atoms with Gasteiger partial charge >= 0.3 is 5.97 Å². The topological polar surface area (TPSA) is 103 Å². The van der Waals surface area contributed by atoms with Crippen molar-refractivity contribution in [2.45, 2.75) is 12.8 Å². The first-order chi connectivity index (χ1) is 14.6. The fourth-order valence-corrected chi connectivity index (χ4v) is 4.50. The first kappa shape index (κ1) is 19.9. The summed E-state index contributed by atoms with van der Waals surface area (Å²) >= 11 is 2.48. The molecule has 152 valence electrons. The lowest BCUT2D eigenvalue weighted by atomic mass is 10.1. The van der Waals surface area contributed by atoms with Gasteiger partial charge in [0.2, 0.25) is 0 Å². The van der Waals surface area contributed by atoms with Crippen molar-refractivity contribution in [1.82, 2.24) is 14.4 Å². The van der Waals surface area contributed by atoms with Gasteiger partial charge < -0.3 is 4.74 Å². The summed E-state index contributed by atoms with van der Waals surface area (Å²) in [6, 6.07) is 9.84. The second-order valence-electron chi connectivity index (χ2n) is 6.25. The Balaban J connectivity index is 1.58. The van der Waals surface area contributed by atoms with Gasteiger partial charge in [0.05, 0.1) is 7.11 Å². The summed E-state index contributed by atoms with van der Waals surface area (Å²) in [5.74, 6) is -1.20.